The zero-order valence-electron chi connectivity index (χ0n) is 26.2. The van der Waals surface area contributed by atoms with Gasteiger partial charge in [0.25, 0.3) is 0 Å². The minimum absolute atomic E-state index is 0.0444. The van der Waals surface area contributed by atoms with E-state index in [1.54, 1.807) is 14.0 Å². The lowest BCUT2D eigenvalue weighted by Gasteiger charge is -2.23. The van der Waals surface area contributed by atoms with Crippen LogP contribution in [-0.4, -0.2) is 121 Å². The average Bonchev–Trinajstić information content (AvgIpc) is 3.36. The van der Waals surface area contributed by atoms with Crippen molar-refractivity contribution in [1.29, 1.82) is 0 Å². The van der Waals surface area contributed by atoms with E-state index in [0.717, 1.165) is 16.6 Å². The lowest BCUT2D eigenvalue weighted by atomic mass is 10.1. The molecule has 5 N–H and O–H groups in total. The minimum atomic E-state index is -1.06. The number of hydrogen-bond donors (Lipinski definition) is 5. The summed E-state index contributed by atoms with van der Waals surface area (Å²) in [7, 11) is 5.38. The molecule has 2 unspecified atom stereocenters. The van der Waals surface area contributed by atoms with Crippen LogP contribution < -0.4 is 16.1 Å². The van der Waals surface area contributed by atoms with Crippen LogP contribution in [-0.2, 0) is 41.7 Å². The molecule has 1 aromatic heterocycles. The number of aromatic nitrogens is 1. The Hall–Kier alpha value is -3.56. The molecule has 0 saturated heterocycles. The van der Waals surface area contributed by atoms with Crippen LogP contribution in [0.25, 0.3) is 10.9 Å². The molecule has 0 fully saturated rings. The third-order valence-corrected chi connectivity index (χ3v) is 7.23. The number of aliphatic carboxylic acids is 1. The number of hydrogen-bond acceptors (Lipinski definition) is 9. The number of ether oxygens (including phenoxy) is 2. The number of likely N-dealkylation sites (N-methyl/N-ethyl adjacent to an activating group) is 1. The van der Waals surface area contributed by atoms with Gasteiger partial charge in [0.2, 0.25) is 17.7 Å². The highest BCUT2D eigenvalue weighted by Gasteiger charge is 2.22. The predicted molar refractivity (Wildman–Crippen MR) is 164 cm³/mol. The van der Waals surface area contributed by atoms with Crippen LogP contribution in [0.4, 0.5) is 0 Å². The van der Waals surface area contributed by atoms with E-state index in [1.807, 2.05) is 43.4 Å². The van der Waals surface area contributed by atoms with Crippen molar-refractivity contribution in [3.63, 3.8) is 0 Å². The Morgan fingerprint density at radius 1 is 1.00 bits per heavy atom. The van der Waals surface area contributed by atoms with E-state index in [0.29, 0.717) is 13.1 Å². The summed E-state index contributed by atoms with van der Waals surface area (Å²) in [6.45, 7) is 3.75. The highest BCUT2D eigenvalue weighted by atomic mass is 16.5. The van der Waals surface area contributed by atoms with Gasteiger partial charge in [-0.1, -0.05) is 18.2 Å². The summed E-state index contributed by atoms with van der Waals surface area (Å²) >= 11 is 0. The summed E-state index contributed by atoms with van der Waals surface area (Å²) in [5.74, 6) is -2.03. The lowest BCUT2D eigenvalue weighted by Crippen LogP contribution is -2.47. The summed E-state index contributed by atoms with van der Waals surface area (Å²) < 4.78 is 12.9. The first kappa shape index (κ1) is 36.6. The van der Waals surface area contributed by atoms with Crippen LogP contribution in [0.15, 0.2) is 30.3 Å². The first-order valence-electron chi connectivity index (χ1n) is 14.8. The number of nitrogens with zero attached hydrogens (tertiary/aromatic N) is 3. The number of hydrazine groups is 1. The van der Waals surface area contributed by atoms with Crippen molar-refractivity contribution >= 4 is 34.6 Å². The summed E-state index contributed by atoms with van der Waals surface area (Å²) in [6, 6.07) is 8.74. The van der Waals surface area contributed by atoms with Crippen molar-refractivity contribution in [2.24, 2.45) is 0 Å². The van der Waals surface area contributed by atoms with Gasteiger partial charge in [0.05, 0.1) is 52.0 Å². The third kappa shape index (κ3) is 12.6. The van der Waals surface area contributed by atoms with E-state index in [9.17, 15) is 19.2 Å². The van der Waals surface area contributed by atoms with Crippen LogP contribution >= 0.6 is 0 Å². The number of para-hydroxylation sites is 1. The van der Waals surface area contributed by atoms with Crippen molar-refractivity contribution in [2.75, 3.05) is 60.7 Å². The quantitative estimate of drug-likeness (QED) is 0.0911. The molecule has 0 spiro atoms. The largest absolute Gasteiger partial charge is 0.481 e. The van der Waals surface area contributed by atoms with E-state index in [1.165, 1.54) is 4.90 Å². The first-order chi connectivity index (χ1) is 21.1. The Kier molecular flexibility index (Phi) is 16.4. The predicted octanol–water partition coefficient (Wildman–Crippen LogP) is 0.326. The molecule has 0 aliphatic carbocycles. The number of carbonyl (C=O) groups is 4. The number of benzene rings is 1. The summed E-state index contributed by atoms with van der Waals surface area (Å²) in [5.41, 5.74) is 5.10. The highest BCUT2D eigenvalue weighted by molar-refractivity contribution is 5.88. The van der Waals surface area contributed by atoms with Crippen molar-refractivity contribution < 1.29 is 38.9 Å². The van der Waals surface area contributed by atoms with Gasteiger partial charge < -0.3 is 39.8 Å². The van der Waals surface area contributed by atoms with Gasteiger partial charge in [0.1, 0.15) is 6.04 Å². The molecule has 246 valence electrons. The van der Waals surface area contributed by atoms with Gasteiger partial charge in [-0.3, -0.25) is 24.6 Å². The molecule has 2 aromatic rings. The molecule has 1 aromatic carbocycles. The number of carboxylic acids is 1. The zero-order valence-corrected chi connectivity index (χ0v) is 26.2. The molecular formula is C30H48N6O8. The molecule has 14 heteroatoms. The smallest absolute Gasteiger partial charge is 0.303 e. The normalized spacial score (nSPS) is 12.7. The SMILES string of the molecule is CNN(C)Cc1cc2ccccc2n1CCC(=O)NC(CCC(=O)O)C(=O)NCCOCCOCCC(=O)N(C)C(C)CO. The summed E-state index contributed by atoms with van der Waals surface area (Å²) in [4.78, 5) is 50.3. The maximum Gasteiger partial charge on any atom is 0.303 e. The molecular weight excluding hydrogens is 572 g/mol. The van der Waals surface area contributed by atoms with Gasteiger partial charge in [-0.25, -0.2) is 5.01 Å². The number of aliphatic hydroxyl groups excluding tert-OH is 1. The summed E-state index contributed by atoms with van der Waals surface area (Å²) in [6.07, 6.45) is -0.0160. The minimum Gasteiger partial charge on any atom is -0.481 e. The molecule has 2 rings (SSSR count). The number of carboxylic acid groups (broad SMARTS) is 1. The summed E-state index contributed by atoms with van der Waals surface area (Å²) in [5, 5.41) is 26.6. The average molecular weight is 621 g/mol. The van der Waals surface area contributed by atoms with Gasteiger partial charge in [-0.2, -0.15) is 0 Å². The fraction of sp³-hybridized carbons (Fsp3) is 0.600. The van der Waals surface area contributed by atoms with Crippen LogP contribution in [0.5, 0.6) is 0 Å². The molecule has 3 amide bonds. The standard InChI is InChI=1S/C30H48N6O8/c1-22(21-37)35(4)28(39)12-15-43-17-18-44-16-13-32-30(42)25(9-10-29(40)41)33-27(38)11-14-36-24(20-34(3)31-2)19-23-7-5-6-8-26(23)36/h5-8,19,22,25,31,37H,9-18,20-21H2,1-4H3,(H,32,42)(H,33,38)(H,40,41). The van der Waals surface area contributed by atoms with Crippen molar-refractivity contribution in [2.45, 2.75) is 57.8 Å². The molecule has 0 aliphatic rings. The molecule has 1 heterocycles. The topological polar surface area (TPSA) is 175 Å². The fourth-order valence-electron chi connectivity index (χ4n) is 4.40. The van der Waals surface area contributed by atoms with Crippen LogP contribution in [0.1, 0.15) is 38.3 Å². The number of aliphatic hydroxyl groups is 1. The van der Waals surface area contributed by atoms with E-state index >= 15 is 0 Å². The van der Waals surface area contributed by atoms with Crippen molar-refractivity contribution in [3.8, 4) is 0 Å². The molecule has 2 atom stereocenters. The number of rotatable bonds is 22. The Bertz CT molecular complexity index is 1210. The monoisotopic (exact) mass is 620 g/mol. The van der Waals surface area contributed by atoms with Gasteiger partial charge in [0, 0.05) is 51.2 Å². The van der Waals surface area contributed by atoms with E-state index in [2.05, 4.69) is 26.7 Å². The fourth-order valence-corrected chi connectivity index (χ4v) is 4.40. The first-order valence-corrected chi connectivity index (χ1v) is 14.8. The number of nitrogens with one attached hydrogen (secondary N) is 3. The maximum atomic E-state index is 12.9. The number of carbonyl (C=O) groups excluding carboxylic acids is 3. The Balaban J connectivity index is 1.78. The Labute approximate surface area is 258 Å². The maximum absolute atomic E-state index is 12.9. The van der Waals surface area contributed by atoms with Crippen molar-refractivity contribution in [1.82, 2.24) is 30.5 Å². The van der Waals surface area contributed by atoms with Crippen molar-refractivity contribution in [3.05, 3.63) is 36.0 Å². The number of fused-ring (bicyclic) bond motifs is 1. The molecule has 0 saturated carbocycles. The van der Waals surface area contributed by atoms with Gasteiger partial charge >= 0.3 is 5.97 Å². The van der Waals surface area contributed by atoms with Gasteiger partial charge in [0.15, 0.2) is 0 Å². The van der Waals surface area contributed by atoms with Gasteiger partial charge in [-0.15, -0.1) is 0 Å². The zero-order chi connectivity index (χ0) is 32.5. The number of amides is 3. The number of aryl methyl sites for hydroxylation is 1. The second kappa shape index (κ2) is 19.7. The molecule has 14 nitrogen and oxygen atoms in total. The molecule has 0 aliphatic heterocycles. The molecule has 44 heavy (non-hydrogen) atoms. The third-order valence-electron chi connectivity index (χ3n) is 7.23. The molecule has 0 radical (unpaired) electrons. The second-order valence-electron chi connectivity index (χ2n) is 10.5. The second-order valence-corrected chi connectivity index (χ2v) is 10.5. The van der Waals surface area contributed by atoms with Crippen LogP contribution in [0.3, 0.4) is 0 Å². The lowest BCUT2D eigenvalue weighted by molar-refractivity contribution is -0.138. The highest BCUT2D eigenvalue weighted by Crippen LogP contribution is 2.21. The van der Waals surface area contributed by atoms with E-state index in [4.69, 9.17) is 19.7 Å². The van der Waals surface area contributed by atoms with Gasteiger partial charge in [-0.05, 0) is 37.9 Å². The Morgan fingerprint density at radius 2 is 1.70 bits per heavy atom. The van der Waals surface area contributed by atoms with Crippen LogP contribution in [0, 0.1) is 0 Å². The Morgan fingerprint density at radius 3 is 2.39 bits per heavy atom. The molecule has 0 bridgehead atoms. The van der Waals surface area contributed by atoms with E-state index < -0.39 is 17.9 Å². The van der Waals surface area contributed by atoms with E-state index in [-0.39, 0.29) is 83.1 Å². The van der Waals surface area contributed by atoms with Crippen LogP contribution in [0.2, 0.25) is 0 Å².